The Morgan fingerprint density at radius 3 is 2.70 bits per heavy atom. The van der Waals surface area contributed by atoms with Gasteiger partial charge >= 0.3 is 5.69 Å². The van der Waals surface area contributed by atoms with Gasteiger partial charge in [0.05, 0.1) is 4.92 Å². The molecule has 0 unspecified atom stereocenters. The molecule has 0 atom stereocenters. The van der Waals surface area contributed by atoms with Gasteiger partial charge in [-0.1, -0.05) is 25.3 Å². The Labute approximate surface area is 118 Å². The zero-order valence-electron chi connectivity index (χ0n) is 11.6. The monoisotopic (exact) mass is 277 g/mol. The number of hydrogen-bond acceptors (Lipinski definition) is 4. The van der Waals surface area contributed by atoms with Crippen LogP contribution in [-0.4, -0.2) is 17.3 Å². The van der Waals surface area contributed by atoms with Gasteiger partial charge in [-0.25, -0.2) is 0 Å². The summed E-state index contributed by atoms with van der Waals surface area (Å²) in [5.41, 5.74) is 0.780. The van der Waals surface area contributed by atoms with Crippen molar-refractivity contribution in [3.63, 3.8) is 0 Å². The van der Waals surface area contributed by atoms with Crippen molar-refractivity contribution in [1.82, 2.24) is 0 Å². The lowest BCUT2D eigenvalue weighted by Gasteiger charge is -2.20. The Balaban J connectivity index is 2.01. The van der Waals surface area contributed by atoms with Gasteiger partial charge in [0.15, 0.2) is 11.5 Å². The molecule has 5 nitrogen and oxygen atoms in total. The van der Waals surface area contributed by atoms with E-state index in [0.717, 1.165) is 31.2 Å². The molecule has 1 saturated carbocycles. The molecule has 0 heterocycles. The Morgan fingerprint density at radius 1 is 1.35 bits per heavy atom. The molecule has 0 aromatic heterocycles. The Hall–Kier alpha value is -1.91. The van der Waals surface area contributed by atoms with Gasteiger partial charge in [0.1, 0.15) is 6.61 Å². The molecule has 0 radical (unpaired) electrons. The fourth-order valence-electron chi connectivity index (χ4n) is 2.58. The second-order valence-electron chi connectivity index (χ2n) is 5.32. The first-order chi connectivity index (χ1) is 9.58. The molecule has 0 aliphatic heterocycles. The van der Waals surface area contributed by atoms with Crippen LogP contribution in [0.1, 0.15) is 37.7 Å². The molecule has 108 valence electrons. The first kappa shape index (κ1) is 14.5. The van der Waals surface area contributed by atoms with Gasteiger partial charge in [0.25, 0.3) is 0 Å². The van der Waals surface area contributed by atoms with Crippen molar-refractivity contribution in [3.8, 4) is 5.75 Å². The lowest BCUT2D eigenvalue weighted by atomic mass is 9.86. The number of nitro groups is 1. The topological polar surface area (TPSA) is 69.4 Å². The predicted molar refractivity (Wildman–Crippen MR) is 74.9 cm³/mol. The number of ether oxygens (including phenoxy) is 1. The van der Waals surface area contributed by atoms with E-state index in [2.05, 4.69) is 0 Å². The predicted octanol–water partition coefficient (Wildman–Crippen LogP) is 3.43. The number of Topliss-reactive ketones (excluding diaryl/α,β-unsaturated/α-hetero) is 1. The maximum Gasteiger partial charge on any atom is 0.310 e. The molecule has 0 spiro atoms. The Bertz CT molecular complexity index is 507. The molecular formula is C15H19NO4. The van der Waals surface area contributed by atoms with Gasteiger partial charge in [0.2, 0.25) is 0 Å². The van der Waals surface area contributed by atoms with Crippen molar-refractivity contribution in [3.05, 3.63) is 33.9 Å². The summed E-state index contributed by atoms with van der Waals surface area (Å²) in [6, 6.07) is 4.68. The van der Waals surface area contributed by atoms with Gasteiger partial charge in [-0.05, 0) is 31.4 Å². The third-order valence-corrected chi connectivity index (χ3v) is 3.74. The number of nitrogens with zero attached hydrogens (tertiary/aromatic N) is 1. The second-order valence-corrected chi connectivity index (χ2v) is 5.32. The fraction of sp³-hybridized carbons (Fsp3) is 0.533. The Kier molecular flexibility index (Phi) is 4.71. The molecule has 5 heteroatoms. The number of rotatable bonds is 5. The molecule has 1 aliphatic rings. The van der Waals surface area contributed by atoms with Crippen LogP contribution in [0, 0.1) is 23.0 Å². The summed E-state index contributed by atoms with van der Waals surface area (Å²) in [5.74, 6) is 0.298. The van der Waals surface area contributed by atoms with Crippen LogP contribution in [0.15, 0.2) is 18.2 Å². The lowest BCUT2D eigenvalue weighted by Crippen LogP contribution is -2.23. The molecule has 0 bridgehead atoms. The Morgan fingerprint density at radius 2 is 2.05 bits per heavy atom. The zero-order valence-corrected chi connectivity index (χ0v) is 11.6. The van der Waals surface area contributed by atoms with E-state index in [9.17, 15) is 14.9 Å². The zero-order chi connectivity index (χ0) is 14.5. The molecule has 1 aromatic rings. The second kappa shape index (κ2) is 6.50. The fourth-order valence-corrected chi connectivity index (χ4v) is 2.58. The van der Waals surface area contributed by atoms with E-state index in [1.54, 1.807) is 12.1 Å². The van der Waals surface area contributed by atoms with Crippen molar-refractivity contribution in [2.45, 2.75) is 39.0 Å². The maximum absolute atomic E-state index is 12.0. The molecule has 1 aliphatic carbocycles. The highest BCUT2D eigenvalue weighted by molar-refractivity contribution is 5.82. The van der Waals surface area contributed by atoms with Crippen LogP contribution in [0.5, 0.6) is 5.75 Å². The van der Waals surface area contributed by atoms with Gasteiger partial charge in [-0.2, -0.15) is 0 Å². The summed E-state index contributed by atoms with van der Waals surface area (Å²) < 4.78 is 5.40. The average Bonchev–Trinajstić information content (AvgIpc) is 2.45. The molecule has 0 amide bonds. The summed E-state index contributed by atoms with van der Waals surface area (Å²) in [6.07, 6.45) is 5.19. The van der Waals surface area contributed by atoms with E-state index in [1.165, 1.54) is 12.5 Å². The minimum Gasteiger partial charge on any atom is -0.479 e. The third-order valence-electron chi connectivity index (χ3n) is 3.74. The molecule has 20 heavy (non-hydrogen) atoms. The number of carbonyl (C=O) groups is 1. The van der Waals surface area contributed by atoms with Crippen molar-refractivity contribution in [2.24, 2.45) is 5.92 Å². The minimum atomic E-state index is -0.486. The van der Waals surface area contributed by atoms with Gasteiger partial charge in [0, 0.05) is 12.0 Å². The maximum atomic E-state index is 12.0. The van der Waals surface area contributed by atoms with Crippen molar-refractivity contribution >= 4 is 11.5 Å². The van der Waals surface area contributed by atoms with Gasteiger partial charge < -0.3 is 4.74 Å². The summed E-state index contributed by atoms with van der Waals surface area (Å²) in [7, 11) is 0. The summed E-state index contributed by atoms with van der Waals surface area (Å²) in [4.78, 5) is 22.5. The number of aryl methyl sites for hydroxylation is 1. The van der Waals surface area contributed by atoms with Gasteiger partial charge in [-0.3, -0.25) is 14.9 Å². The van der Waals surface area contributed by atoms with Crippen molar-refractivity contribution in [2.75, 3.05) is 6.61 Å². The van der Waals surface area contributed by atoms with Crippen LogP contribution < -0.4 is 4.74 Å². The number of nitro benzene ring substituents is 1. The molecule has 2 rings (SSSR count). The molecule has 0 N–H and O–H groups in total. The minimum absolute atomic E-state index is 0.0560. The number of hydrogen-bond donors (Lipinski definition) is 0. The largest absolute Gasteiger partial charge is 0.479 e. The van der Waals surface area contributed by atoms with E-state index >= 15 is 0 Å². The lowest BCUT2D eigenvalue weighted by molar-refractivity contribution is -0.385. The SMILES string of the molecule is Cc1ccc([N+](=O)[O-])c(OCC(=O)C2CCCCC2)c1. The van der Waals surface area contributed by atoms with E-state index in [0.29, 0.717) is 0 Å². The van der Waals surface area contributed by atoms with Crippen molar-refractivity contribution < 1.29 is 14.5 Å². The molecule has 1 fully saturated rings. The summed E-state index contributed by atoms with van der Waals surface area (Å²) >= 11 is 0. The number of benzene rings is 1. The van der Waals surface area contributed by atoms with Crippen molar-refractivity contribution in [1.29, 1.82) is 0 Å². The molecular weight excluding hydrogens is 258 g/mol. The van der Waals surface area contributed by atoms with Crippen LogP contribution in [0.3, 0.4) is 0 Å². The van der Waals surface area contributed by atoms with Crippen LogP contribution in [-0.2, 0) is 4.79 Å². The molecule has 0 saturated heterocycles. The van der Waals surface area contributed by atoms with E-state index in [1.807, 2.05) is 6.92 Å². The average molecular weight is 277 g/mol. The first-order valence-electron chi connectivity index (χ1n) is 6.98. The highest BCUT2D eigenvalue weighted by Crippen LogP contribution is 2.29. The normalized spacial score (nSPS) is 15.8. The molecule has 1 aromatic carbocycles. The summed E-state index contributed by atoms with van der Waals surface area (Å²) in [6.45, 7) is 1.76. The van der Waals surface area contributed by atoms with Crippen LogP contribution in [0.25, 0.3) is 0 Å². The van der Waals surface area contributed by atoms with E-state index < -0.39 is 4.92 Å². The number of carbonyl (C=O) groups excluding carboxylic acids is 1. The highest BCUT2D eigenvalue weighted by Gasteiger charge is 2.23. The standard InChI is InChI=1S/C15H19NO4/c1-11-7-8-13(16(18)19)15(9-11)20-10-14(17)12-5-3-2-4-6-12/h7-9,12H,2-6,10H2,1H3. The smallest absolute Gasteiger partial charge is 0.310 e. The summed E-state index contributed by atoms with van der Waals surface area (Å²) in [5, 5.41) is 10.9. The number of ketones is 1. The van der Waals surface area contributed by atoms with E-state index in [4.69, 9.17) is 4.74 Å². The quantitative estimate of drug-likeness (QED) is 0.610. The van der Waals surface area contributed by atoms with E-state index in [-0.39, 0.29) is 29.7 Å². The van der Waals surface area contributed by atoms with Crippen LogP contribution in [0.4, 0.5) is 5.69 Å². The first-order valence-corrected chi connectivity index (χ1v) is 6.98. The van der Waals surface area contributed by atoms with Crippen LogP contribution in [0.2, 0.25) is 0 Å². The van der Waals surface area contributed by atoms with Gasteiger partial charge in [-0.15, -0.1) is 0 Å². The van der Waals surface area contributed by atoms with Crippen LogP contribution >= 0.6 is 0 Å². The third kappa shape index (κ3) is 3.56. The highest BCUT2D eigenvalue weighted by atomic mass is 16.6.